The molecule has 0 fully saturated rings. The topological polar surface area (TPSA) is 71.1 Å². The fraction of sp³-hybridized carbons (Fsp3) is 0.882. The molecule has 0 aliphatic carbocycles. The lowest BCUT2D eigenvalue weighted by Crippen LogP contribution is -2.35. The van der Waals surface area contributed by atoms with E-state index in [0.717, 1.165) is 51.9 Å². The number of hydrogen-bond acceptors (Lipinski definition) is 6. The van der Waals surface area contributed by atoms with Gasteiger partial charge in [0.1, 0.15) is 6.61 Å². The fourth-order valence-corrected chi connectivity index (χ4v) is 7.51. The third kappa shape index (κ3) is 43.7. The van der Waals surface area contributed by atoms with Crippen LogP contribution in [0.25, 0.3) is 0 Å². The third-order valence-corrected chi connectivity index (χ3v) is 11.4. The van der Waals surface area contributed by atoms with E-state index in [1.54, 1.807) is 0 Å². The van der Waals surface area contributed by atoms with Crippen LogP contribution in [0.3, 0.4) is 0 Å². The maximum absolute atomic E-state index is 12.8. The van der Waals surface area contributed by atoms with E-state index >= 15 is 0 Å². The van der Waals surface area contributed by atoms with Crippen LogP contribution in [0, 0.1) is 5.92 Å². The Morgan fingerprint density at radius 3 is 1.53 bits per heavy atom. The van der Waals surface area contributed by atoms with Crippen molar-refractivity contribution in [3.63, 3.8) is 0 Å². The van der Waals surface area contributed by atoms with E-state index in [1.165, 1.54) is 173 Å². The van der Waals surface area contributed by atoms with Crippen LogP contribution in [0.5, 0.6) is 0 Å². The molecule has 0 saturated carbocycles. The van der Waals surface area contributed by atoms with Crippen molar-refractivity contribution in [1.82, 2.24) is 15.1 Å². The Morgan fingerprint density at radius 2 is 0.983 bits per heavy atom. The average molecular weight is 818 g/mol. The molecule has 0 radical (unpaired) electrons. The molecule has 0 aromatic rings. The number of unbranched alkanes of at least 4 members (excludes halogenated alkanes) is 23. The Morgan fingerprint density at radius 1 is 0.517 bits per heavy atom. The van der Waals surface area contributed by atoms with Gasteiger partial charge in [0.25, 0.3) is 0 Å². The number of likely N-dealkylation sites (N-methyl/N-ethyl adjacent to an activating group) is 1. The van der Waals surface area contributed by atoms with E-state index < -0.39 is 0 Å². The molecule has 7 nitrogen and oxygen atoms in total. The predicted molar refractivity (Wildman–Crippen MR) is 252 cm³/mol. The van der Waals surface area contributed by atoms with Gasteiger partial charge in [-0.3, -0.25) is 9.69 Å². The molecule has 1 amide bonds. The van der Waals surface area contributed by atoms with Crippen molar-refractivity contribution in [1.29, 1.82) is 0 Å². The summed E-state index contributed by atoms with van der Waals surface area (Å²) in [6, 6.07) is 0. The van der Waals surface area contributed by atoms with Gasteiger partial charge >= 0.3 is 12.1 Å². The summed E-state index contributed by atoms with van der Waals surface area (Å²) >= 11 is 0. The minimum atomic E-state index is -0.332. The van der Waals surface area contributed by atoms with Crippen molar-refractivity contribution in [3.8, 4) is 0 Å². The van der Waals surface area contributed by atoms with Gasteiger partial charge in [-0.1, -0.05) is 180 Å². The molecule has 58 heavy (non-hydrogen) atoms. The number of ether oxygens (including phenoxy) is 2. The second-order valence-electron chi connectivity index (χ2n) is 17.5. The number of rotatable bonds is 45. The number of nitrogens with one attached hydrogen (secondary N) is 1. The van der Waals surface area contributed by atoms with Gasteiger partial charge in [0, 0.05) is 26.1 Å². The largest absolute Gasteiger partial charge is 0.465 e. The normalized spacial score (nSPS) is 12.4. The van der Waals surface area contributed by atoms with Crippen LogP contribution >= 0.6 is 0 Å². The lowest BCUT2D eigenvalue weighted by molar-refractivity contribution is -0.145. The number of nitrogens with zero attached hydrogens (tertiary/aromatic N) is 2. The molecule has 0 spiro atoms. The molecule has 7 heteroatoms. The first-order chi connectivity index (χ1) is 28.4. The third-order valence-electron chi connectivity index (χ3n) is 11.4. The highest BCUT2D eigenvalue weighted by molar-refractivity contribution is 5.69. The Bertz CT molecular complexity index is 923. The second kappa shape index (κ2) is 46.2. The Labute approximate surface area is 361 Å². The molecule has 0 bridgehead atoms. The SMILES string of the molecule is CCCCC/C=C\C/C=C\CCCCCCCCN(CCCCCC(=O)OCC(CCCCCCCC)CCCCCCCCCC)CCOC(=O)NCCN(C)C. The average Bonchev–Trinajstić information content (AvgIpc) is 3.21. The highest BCUT2D eigenvalue weighted by atomic mass is 16.5. The number of amides is 1. The smallest absolute Gasteiger partial charge is 0.407 e. The molecular formula is C51H99N3O4. The molecule has 0 aromatic heterocycles. The van der Waals surface area contributed by atoms with Gasteiger partial charge < -0.3 is 19.7 Å². The number of allylic oxidation sites excluding steroid dienone is 4. The first kappa shape index (κ1) is 56.1. The quantitative estimate of drug-likeness (QED) is 0.0375. The summed E-state index contributed by atoms with van der Waals surface area (Å²) in [5.41, 5.74) is 0. The first-order valence-corrected chi connectivity index (χ1v) is 25.2. The van der Waals surface area contributed by atoms with E-state index in [2.05, 4.69) is 55.3 Å². The van der Waals surface area contributed by atoms with Crippen molar-refractivity contribution in [2.75, 3.05) is 60.0 Å². The van der Waals surface area contributed by atoms with Crippen molar-refractivity contribution in [2.24, 2.45) is 5.92 Å². The summed E-state index contributed by atoms with van der Waals surface area (Å²) in [7, 11) is 3.99. The Hall–Kier alpha value is -1.86. The summed E-state index contributed by atoms with van der Waals surface area (Å²) in [6.07, 6.45) is 48.5. The zero-order chi connectivity index (χ0) is 42.4. The monoisotopic (exact) mass is 818 g/mol. The fourth-order valence-electron chi connectivity index (χ4n) is 7.51. The van der Waals surface area contributed by atoms with Gasteiger partial charge in [-0.15, -0.1) is 0 Å². The molecule has 1 unspecified atom stereocenters. The molecule has 0 aliphatic rings. The molecule has 342 valence electrons. The van der Waals surface area contributed by atoms with Crippen molar-refractivity contribution >= 4 is 12.1 Å². The van der Waals surface area contributed by atoms with Gasteiger partial charge in [0.05, 0.1) is 6.61 Å². The van der Waals surface area contributed by atoms with Crippen LogP contribution in [-0.2, 0) is 14.3 Å². The molecule has 0 saturated heterocycles. The van der Waals surface area contributed by atoms with Crippen LogP contribution in [0.1, 0.15) is 226 Å². The number of hydrogen-bond donors (Lipinski definition) is 1. The van der Waals surface area contributed by atoms with Crippen LogP contribution < -0.4 is 5.32 Å². The van der Waals surface area contributed by atoms with E-state index in [4.69, 9.17) is 9.47 Å². The van der Waals surface area contributed by atoms with Crippen LogP contribution in [0.15, 0.2) is 24.3 Å². The van der Waals surface area contributed by atoms with E-state index in [1.807, 2.05) is 19.0 Å². The molecule has 0 heterocycles. The van der Waals surface area contributed by atoms with Crippen molar-refractivity contribution in [2.45, 2.75) is 226 Å². The maximum atomic E-state index is 12.8. The minimum absolute atomic E-state index is 0.0178. The Kier molecular flexibility index (Phi) is 44.7. The standard InChI is InChI=1S/C51H99N3O4/c1-6-9-12-15-18-20-21-22-23-24-25-26-27-29-32-37-43-54(46-47-57-51(56)52-42-45-53(4)5)44-38-33-36-41-50(55)58-48-49(39-34-30-17-14-11-8-3)40-35-31-28-19-16-13-10-7-2/h18,20,22-23,49H,6-17,19,21,24-48H2,1-5H3,(H,52,56)/b20-18-,23-22-. The number of esters is 1. The summed E-state index contributed by atoms with van der Waals surface area (Å²) in [5.74, 6) is 0.497. The van der Waals surface area contributed by atoms with E-state index in [9.17, 15) is 9.59 Å². The summed E-state index contributed by atoms with van der Waals surface area (Å²) in [6.45, 7) is 12.0. The first-order valence-electron chi connectivity index (χ1n) is 25.2. The number of carbonyl (C=O) groups excluding carboxylic acids is 2. The minimum Gasteiger partial charge on any atom is -0.465 e. The van der Waals surface area contributed by atoms with E-state index in [-0.39, 0.29) is 12.1 Å². The highest BCUT2D eigenvalue weighted by Gasteiger charge is 2.13. The maximum Gasteiger partial charge on any atom is 0.407 e. The molecule has 1 atom stereocenters. The van der Waals surface area contributed by atoms with Gasteiger partial charge in [0.15, 0.2) is 0 Å². The number of carbonyl (C=O) groups is 2. The van der Waals surface area contributed by atoms with Gasteiger partial charge in [-0.05, 0) is 97.3 Å². The molecule has 1 N–H and O–H groups in total. The molecule has 0 aliphatic heterocycles. The molecular weight excluding hydrogens is 719 g/mol. The highest BCUT2D eigenvalue weighted by Crippen LogP contribution is 2.21. The van der Waals surface area contributed by atoms with Crippen LogP contribution in [0.2, 0.25) is 0 Å². The van der Waals surface area contributed by atoms with E-state index in [0.29, 0.717) is 32.1 Å². The van der Waals surface area contributed by atoms with Gasteiger partial charge in [-0.2, -0.15) is 0 Å². The van der Waals surface area contributed by atoms with Crippen LogP contribution in [0.4, 0.5) is 4.79 Å². The lowest BCUT2D eigenvalue weighted by Gasteiger charge is -2.22. The zero-order valence-electron chi connectivity index (χ0n) is 39.5. The predicted octanol–water partition coefficient (Wildman–Crippen LogP) is 14.4. The summed E-state index contributed by atoms with van der Waals surface area (Å²) < 4.78 is 11.4. The summed E-state index contributed by atoms with van der Waals surface area (Å²) in [5, 5.41) is 2.85. The second-order valence-corrected chi connectivity index (χ2v) is 17.5. The molecule has 0 rings (SSSR count). The van der Waals surface area contributed by atoms with Gasteiger partial charge in [0.2, 0.25) is 0 Å². The lowest BCUT2D eigenvalue weighted by atomic mass is 9.94. The number of alkyl carbamates (subject to hydrolysis) is 1. The Balaban J connectivity index is 4.51. The van der Waals surface area contributed by atoms with Crippen molar-refractivity contribution < 1.29 is 19.1 Å². The van der Waals surface area contributed by atoms with Crippen LogP contribution in [-0.4, -0.2) is 81.9 Å². The van der Waals surface area contributed by atoms with Gasteiger partial charge in [-0.25, -0.2) is 4.79 Å². The molecule has 0 aromatic carbocycles. The zero-order valence-corrected chi connectivity index (χ0v) is 39.5. The van der Waals surface area contributed by atoms with Crippen molar-refractivity contribution in [3.05, 3.63) is 24.3 Å². The summed E-state index contributed by atoms with van der Waals surface area (Å²) in [4.78, 5) is 29.5.